The molecule has 31 heavy (non-hydrogen) atoms. The predicted molar refractivity (Wildman–Crippen MR) is 127 cm³/mol. The van der Waals surface area contributed by atoms with Crippen LogP contribution in [-0.4, -0.2) is 21.4 Å². The highest BCUT2D eigenvalue weighted by Crippen LogP contribution is 2.29. The topological polar surface area (TPSA) is 76.0 Å². The number of carbonyl (C=O) groups is 2. The molecule has 2 N–H and O–H groups in total. The van der Waals surface area contributed by atoms with Gasteiger partial charge in [0.25, 0.3) is 5.91 Å². The molecular formula is C24H30N4O2S. The van der Waals surface area contributed by atoms with Crippen molar-refractivity contribution >= 4 is 33.8 Å². The van der Waals surface area contributed by atoms with Crippen LogP contribution in [0.15, 0.2) is 42.7 Å². The highest BCUT2D eigenvalue weighted by atomic mass is 32.1. The Labute approximate surface area is 187 Å². The molecule has 1 aromatic carbocycles. The number of aromatic nitrogens is 2. The summed E-state index contributed by atoms with van der Waals surface area (Å²) < 4.78 is 2.12. The van der Waals surface area contributed by atoms with Crippen molar-refractivity contribution < 1.29 is 9.59 Å². The van der Waals surface area contributed by atoms with Gasteiger partial charge >= 0.3 is 0 Å². The number of nitrogens with zero attached hydrogens (tertiary/aromatic N) is 2. The van der Waals surface area contributed by atoms with Crippen molar-refractivity contribution in [2.75, 3.05) is 10.6 Å². The van der Waals surface area contributed by atoms with Crippen molar-refractivity contribution in [3.05, 3.63) is 64.6 Å². The quantitative estimate of drug-likeness (QED) is 0.521. The molecule has 0 aliphatic carbocycles. The molecule has 3 rings (SSSR count). The Kier molecular flexibility index (Phi) is 6.65. The van der Waals surface area contributed by atoms with Gasteiger partial charge in [-0.15, -0.1) is 11.3 Å². The predicted octanol–water partition coefficient (Wildman–Crippen LogP) is 5.66. The van der Waals surface area contributed by atoms with E-state index in [-0.39, 0.29) is 11.8 Å². The number of benzene rings is 1. The highest BCUT2D eigenvalue weighted by Gasteiger charge is 2.23. The Balaban J connectivity index is 1.72. The van der Waals surface area contributed by atoms with E-state index in [0.29, 0.717) is 22.3 Å². The monoisotopic (exact) mass is 438 g/mol. The fraction of sp³-hybridized carbons (Fsp3) is 0.375. The average molecular weight is 439 g/mol. The van der Waals surface area contributed by atoms with Gasteiger partial charge in [-0.1, -0.05) is 46.8 Å². The third kappa shape index (κ3) is 5.61. The molecule has 2 amide bonds. The lowest BCUT2D eigenvalue weighted by Crippen LogP contribution is -2.27. The Morgan fingerprint density at radius 1 is 1.16 bits per heavy atom. The van der Waals surface area contributed by atoms with E-state index in [9.17, 15) is 9.59 Å². The molecule has 0 saturated heterocycles. The maximum Gasteiger partial charge on any atom is 0.266 e. The first kappa shape index (κ1) is 22.7. The molecule has 0 aliphatic rings. The third-order valence-electron chi connectivity index (χ3n) is 4.84. The van der Waals surface area contributed by atoms with Gasteiger partial charge in [0.15, 0.2) is 0 Å². The van der Waals surface area contributed by atoms with E-state index < -0.39 is 5.41 Å². The molecule has 0 radical (unpaired) electrons. The number of nitrogens with one attached hydrogen (secondary N) is 2. The van der Waals surface area contributed by atoms with E-state index in [1.165, 1.54) is 11.3 Å². The van der Waals surface area contributed by atoms with Crippen LogP contribution >= 0.6 is 11.3 Å². The van der Waals surface area contributed by atoms with Crippen molar-refractivity contribution in [2.45, 2.75) is 54.0 Å². The number of rotatable bonds is 6. The summed E-state index contributed by atoms with van der Waals surface area (Å²) in [5.41, 5.74) is 2.16. The zero-order valence-electron chi connectivity index (χ0n) is 18.9. The molecule has 0 saturated carbocycles. The van der Waals surface area contributed by atoms with Gasteiger partial charge in [0.05, 0.1) is 9.88 Å². The van der Waals surface area contributed by atoms with Gasteiger partial charge < -0.3 is 15.2 Å². The van der Waals surface area contributed by atoms with Gasteiger partial charge in [-0.2, -0.15) is 0 Å². The second kappa shape index (κ2) is 9.06. The first-order valence-corrected chi connectivity index (χ1v) is 11.2. The maximum atomic E-state index is 12.9. The third-order valence-corrected chi connectivity index (χ3v) is 6.00. The Morgan fingerprint density at radius 3 is 2.58 bits per heavy atom. The van der Waals surface area contributed by atoms with Crippen LogP contribution in [0.1, 0.15) is 67.2 Å². The maximum absolute atomic E-state index is 12.9. The fourth-order valence-electron chi connectivity index (χ4n) is 3.16. The molecule has 6 nitrogen and oxygen atoms in total. The number of imidazole rings is 1. The summed E-state index contributed by atoms with van der Waals surface area (Å²) in [6.45, 7) is 12.4. The highest BCUT2D eigenvalue weighted by molar-refractivity contribution is 7.18. The summed E-state index contributed by atoms with van der Waals surface area (Å²) >= 11 is 1.29. The summed E-state index contributed by atoms with van der Waals surface area (Å²) in [5, 5.41) is 6.57. The van der Waals surface area contributed by atoms with Crippen molar-refractivity contribution in [3.8, 4) is 0 Å². The second-order valence-corrected chi connectivity index (χ2v) is 10.1. The largest absolute Gasteiger partial charge is 0.330 e. The fourth-order valence-corrected chi connectivity index (χ4v) is 4.12. The number of hydrogen-bond donors (Lipinski definition) is 2. The van der Waals surface area contributed by atoms with Crippen LogP contribution in [-0.2, 0) is 11.3 Å². The van der Waals surface area contributed by atoms with E-state index in [1.54, 1.807) is 0 Å². The summed E-state index contributed by atoms with van der Waals surface area (Å²) in [4.78, 5) is 30.1. The molecule has 3 aromatic rings. The minimum atomic E-state index is -0.495. The second-order valence-electron chi connectivity index (χ2n) is 9.05. The SMILES string of the molecule is Cc1cc(NC(=O)C(C)(C)C)sc1C(=O)Nc1cccc(Cn2ccnc2C(C)C)c1. The Morgan fingerprint density at radius 2 is 1.90 bits per heavy atom. The Bertz CT molecular complexity index is 1090. The zero-order valence-corrected chi connectivity index (χ0v) is 19.8. The molecule has 0 atom stereocenters. The molecule has 2 aromatic heterocycles. The van der Waals surface area contributed by atoms with Gasteiger partial charge in [0.1, 0.15) is 5.82 Å². The average Bonchev–Trinajstić information content (AvgIpc) is 3.27. The van der Waals surface area contributed by atoms with Crippen LogP contribution in [0.3, 0.4) is 0 Å². The van der Waals surface area contributed by atoms with Crippen LogP contribution < -0.4 is 10.6 Å². The summed E-state index contributed by atoms with van der Waals surface area (Å²) in [7, 11) is 0. The molecule has 0 spiro atoms. The van der Waals surface area contributed by atoms with Gasteiger partial charge in [-0.05, 0) is 36.2 Å². The lowest BCUT2D eigenvalue weighted by atomic mass is 9.96. The van der Waals surface area contributed by atoms with Crippen LogP contribution in [0.2, 0.25) is 0 Å². The first-order valence-electron chi connectivity index (χ1n) is 10.4. The van der Waals surface area contributed by atoms with Crippen LogP contribution in [0, 0.1) is 12.3 Å². The van der Waals surface area contributed by atoms with Crippen molar-refractivity contribution in [3.63, 3.8) is 0 Å². The number of carbonyl (C=O) groups excluding carboxylic acids is 2. The van der Waals surface area contributed by atoms with E-state index in [2.05, 4.69) is 34.0 Å². The lowest BCUT2D eigenvalue weighted by Gasteiger charge is -2.16. The van der Waals surface area contributed by atoms with E-state index in [4.69, 9.17) is 0 Å². The molecule has 0 bridgehead atoms. The lowest BCUT2D eigenvalue weighted by molar-refractivity contribution is -0.123. The summed E-state index contributed by atoms with van der Waals surface area (Å²) in [6, 6.07) is 9.67. The van der Waals surface area contributed by atoms with Crippen molar-refractivity contribution in [1.29, 1.82) is 0 Å². The molecular weight excluding hydrogens is 408 g/mol. The molecule has 164 valence electrons. The number of hydrogen-bond acceptors (Lipinski definition) is 4. The minimum absolute atomic E-state index is 0.0753. The van der Waals surface area contributed by atoms with Crippen LogP contribution in [0.4, 0.5) is 10.7 Å². The van der Waals surface area contributed by atoms with Gasteiger partial charge in [-0.25, -0.2) is 4.98 Å². The minimum Gasteiger partial charge on any atom is -0.330 e. The van der Waals surface area contributed by atoms with Crippen molar-refractivity contribution in [1.82, 2.24) is 9.55 Å². The molecule has 2 heterocycles. The number of amides is 2. The van der Waals surface area contributed by atoms with Gasteiger partial charge in [-0.3, -0.25) is 9.59 Å². The van der Waals surface area contributed by atoms with Gasteiger partial charge in [0, 0.05) is 36.0 Å². The smallest absolute Gasteiger partial charge is 0.266 e. The Hall–Kier alpha value is -2.93. The van der Waals surface area contributed by atoms with Crippen LogP contribution in [0.25, 0.3) is 0 Å². The number of aryl methyl sites for hydroxylation is 1. The number of thiophene rings is 1. The molecule has 7 heteroatoms. The standard InChI is InChI=1S/C24H30N4O2S/c1-15(2)21-25-10-11-28(21)14-17-8-7-9-18(13-17)26-22(29)20-16(3)12-19(31-20)27-23(30)24(4,5)6/h7-13,15H,14H2,1-6H3,(H,26,29)(H,27,30). The number of anilines is 2. The summed E-state index contributed by atoms with van der Waals surface area (Å²) in [5.74, 6) is 1.12. The molecule has 0 fully saturated rings. The van der Waals surface area contributed by atoms with Gasteiger partial charge in [0.2, 0.25) is 5.91 Å². The van der Waals surface area contributed by atoms with E-state index in [1.807, 2.05) is 70.4 Å². The van der Waals surface area contributed by atoms with E-state index >= 15 is 0 Å². The zero-order chi connectivity index (χ0) is 22.8. The summed E-state index contributed by atoms with van der Waals surface area (Å²) in [6.07, 6.45) is 3.79. The van der Waals surface area contributed by atoms with E-state index in [0.717, 1.165) is 22.6 Å². The normalized spacial score (nSPS) is 11.6. The van der Waals surface area contributed by atoms with Crippen molar-refractivity contribution in [2.24, 2.45) is 5.41 Å². The van der Waals surface area contributed by atoms with Crippen LogP contribution in [0.5, 0.6) is 0 Å². The first-order chi connectivity index (χ1) is 14.5. The molecule has 0 aliphatic heterocycles. The molecule has 0 unspecified atom stereocenters.